The topological polar surface area (TPSA) is 20.2 Å². The zero-order valence-corrected chi connectivity index (χ0v) is 15.7. The Hall–Kier alpha value is -0.0400. The van der Waals surface area contributed by atoms with Gasteiger partial charge in [-0.25, -0.2) is 0 Å². The molecular weight excluding hydrogens is 280 g/mol. The molecule has 0 bridgehead atoms. The van der Waals surface area contributed by atoms with Crippen molar-refractivity contribution in [1.29, 1.82) is 0 Å². The Morgan fingerprint density at radius 2 is 1.78 bits per heavy atom. The van der Waals surface area contributed by atoms with Gasteiger partial charge in [0.05, 0.1) is 0 Å². The number of hydrogen-bond donors (Lipinski definition) is 1. The van der Waals surface area contributed by atoms with Crippen molar-refractivity contribution in [2.75, 3.05) is 6.61 Å². The lowest BCUT2D eigenvalue weighted by Crippen LogP contribution is -2.53. The van der Waals surface area contributed by atoms with Crippen molar-refractivity contribution in [1.82, 2.24) is 0 Å². The van der Waals surface area contributed by atoms with Crippen LogP contribution < -0.4 is 0 Å². The van der Waals surface area contributed by atoms with E-state index in [1.165, 1.54) is 64.2 Å². The summed E-state index contributed by atoms with van der Waals surface area (Å²) in [7, 11) is 0. The molecule has 0 spiro atoms. The van der Waals surface area contributed by atoms with Crippen molar-refractivity contribution in [3.8, 4) is 0 Å². The summed E-state index contributed by atoms with van der Waals surface area (Å²) in [6, 6.07) is 0. The molecule has 0 aromatic rings. The second-order valence-corrected chi connectivity index (χ2v) is 10.2. The minimum atomic E-state index is 0.445. The van der Waals surface area contributed by atoms with E-state index in [1.54, 1.807) is 0 Å². The van der Waals surface area contributed by atoms with E-state index < -0.39 is 0 Å². The standard InChI is InChI=1S/C22H38O/c1-4-16-13-15(14-23)20-18-9-8-17-7-5-6-11-21(17,2)19(18)10-12-22(16,20)3/h15-20,23H,4-14H2,1-3H3/t15?,16-,17?,18+,19-,20-,21-,22+/m0/s1. The van der Waals surface area contributed by atoms with Crippen molar-refractivity contribution >= 4 is 0 Å². The van der Waals surface area contributed by atoms with Crippen LogP contribution in [0.1, 0.15) is 85.0 Å². The average Bonchev–Trinajstić information content (AvgIpc) is 2.86. The molecule has 0 heterocycles. The van der Waals surface area contributed by atoms with E-state index in [2.05, 4.69) is 20.8 Å². The minimum absolute atomic E-state index is 0.445. The van der Waals surface area contributed by atoms with Gasteiger partial charge >= 0.3 is 0 Å². The molecule has 132 valence electrons. The van der Waals surface area contributed by atoms with Gasteiger partial charge in [0.25, 0.3) is 0 Å². The Balaban J connectivity index is 1.67. The van der Waals surface area contributed by atoms with Gasteiger partial charge in [0.1, 0.15) is 0 Å². The monoisotopic (exact) mass is 318 g/mol. The lowest BCUT2D eigenvalue weighted by molar-refractivity contribution is -0.121. The van der Waals surface area contributed by atoms with Crippen LogP contribution in [0.2, 0.25) is 0 Å². The molecule has 4 saturated carbocycles. The van der Waals surface area contributed by atoms with Gasteiger partial charge in [0.15, 0.2) is 0 Å². The summed E-state index contributed by atoms with van der Waals surface area (Å²) < 4.78 is 0. The SMILES string of the molecule is CC[C@H]1CC(CO)[C@H]2[C@@H]3CCC4CCCC[C@]4(C)[C@H]3CC[C@]12C. The molecular formula is C22H38O. The summed E-state index contributed by atoms with van der Waals surface area (Å²) in [4.78, 5) is 0. The molecule has 4 aliphatic carbocycles. The molecule has 4 fully saturated rings. The fourth-order valence-corrected chi connectivity index (χ4v) is 8.54. The second kappa shape index (κ2) is 5.75. The van der Waals surface area contributed by atoms with Crippen LogP contribution in [0.4, 0.5) is 0 Å². The van der Waals surface area contributed by atoms with Crippen LogP contribution in [0, 0.1) is 46.3 Å². The highest BCUT2D eigenvalue weighted by molar-refractivity contribution is 5.10. The van der Waals surface area contributed by atoms with Crippen molar-refractivity contribution < 1.29 is 5.11 Å². The summed E-state index contributed by atoms with van der Waals surface area (Å²) in [6.07, 6.45) is 14.5. The third-order valence-electron chi connectivity index (χ3n) is 9.63. The van der Waals surface area contributed by atoms with Gasteiger partial charge in [0.2, 0.25) is 0 Å². The van der Waals surface area contributed by atoms with Crippen LogP contribution in [0.25, 0.3) is 0 Å². The van der Waals surface area contributed by atoms with Crippen molar-refractivity contribution in [2.24, 2.45) is 46.3 Å². The first kappa shape index (κ1) is 16.4. The van der Waals surface area contributed by atoms with Gasteiger partial charge in [-0.05, 0) is 91.3 Å². The van der Waals surface area contributed by atoms with Gasteiger partial charge in [-0.2, -0.15) is 0 Å². The Kier molecular flexibility index (Phi) is 4.11. The summed E-state index contributed by atoms with van der Waals surface area (Å²) in [5.41, 5.74) is 1.16. The number of rotatable bonds is 2. The third kappa shape index (κ3) is 2.21. The second-order valence-electron chi connectivity index (χ2n) is 10.2. The van der Waals surface area contributed by atoms with E-state index >= 15 is 0 Å². The van der Waals surface area contributed by atoms with Crippen molar-refractivity contribution in [3.63, 3.8) is 0 Å². The van der Waals surface area contributed by atoms with Gasteiger partial charge in [-0.15, -0.1) is 0 Å². The van der Waals surface area contributed by atoms with E-state index in [9.17, 15) is 5.11 Å². The number of aliphatic hydroxyl groups excluding tert-OH is 1. The highest BCUT2D eigenvalue weighted by atomic mass is 16.3. The molecule has 0 amide bonds. The predicted molar refractivity (Wildman–Crippen MR) is 96.1 cm³/mol. The van der Waals surface area contributed by atoms with Crippen LogP contribution >= 0.6 is 0 Å². The number of fused-ring (bicyclic) bond motifs is 5. The van der Waals surface area contributed by atoms with Crippen LogP contribution in [0.15, 0.2) is 0 Å². The summed E-state index contributed by atoms with van der Waals surface area (Å²) in [5, 5.41) is 10.1. The predicted octanol–water partition coefficient (Wildman–Crippen LogP) is 5.66. The molecule has 0 radical (unpaired) electrons. The molecule has 8 atom stereocenters. The van der Waals surface area contributed by atoms with E-state index in [4.69, 9.17) is 0 Å². The number of hydrogen-bond acceptors (Lipinski definition) is 1. The summed E-state index contributed by atoms with van der Waals surface area (Å²) >= 11 is 0. The van der Waals surface area contributed by atoms with E-state index in [0.717, 1.165) is 29.6 Å². The zero-order valence-electron chi connectivity index (χ0n) is 15.7. The fourth-order valence-electron chi connectivity index (χ4n) is 8.54. The highest BCUT2D eigenvalue weighted by Crippen LogP contribution is 2.68. The number of aliphatic hydroxyl groups is 1. The van der Waals surface area contributed by atoms with Gasteiger partial charge < -0.3 is 5.11 Å². The highest BCUT2D eigenvalue weighted by Gasteiger charge is 2.61. The molecule has 0 aromatic carbocycles. The van der Waals surface area contributed by atoms with Crippen LogP contribution in [0.3, 0.4) is 0 Å². The molecule has 0 aromatic heterocycles. The molecule has 2 unspecified atom stereocenters. The molecule has 23 heavy (non-hydrogen) atoms. The summed E-state index contributed by atoms with van der Waals surface area (Å²) in [6.45, 7) is 8.10. The van der Waals surface area contributed by atoms with E-state index in [1.807, 2.05) is 0 Å². The van der Waals surface area contributed by atoms with E-state index in [-0.39, 0.29) is 0 Å². The van der Waals surface area contributed by atoms with Gasteiger partial charge in [-0.1, -0.05) is 40.0 Å². The van der Waals surface area contributed by atoms with E-state index in [0.29, 0.717) is 23.4 Å². The molecule has 0 aliphatic heterocycles. The van der Waals surface area contributed by atoms with Crippen LogP contribution in [-0.2, 0) is 0 Å². The Morgan fingerprint density at radius 1 is 0.957 bits per heavy atom. The van der Waals surface area contributed by atoms with Crippen LogP contribution in [-0.4, -0.2) is 11.7 Å². The maximum absolute atomic E-state index is 10.1. The molecule has 4 rings (SSSR count). The maximum atomic E-state index is 10.1. The quantitative estimate of drug-likeness (QED) is 0.696. The normalized spacial score (nSPS) is 55.8. The van der Waals surface area contributed by atoms with Crippen LogP contribution in [0.5, 0.6) is 0 Å². The first-order valence-electron chi connectivity index (χ1n) is 10.7. The smallest absolute Gasteiger partial charge is 0.0462 e. The fraction of sp³-hybridized carbons (Fsp3) is 1.00. The molecule has 1 heteroatoms. The Morgan fingerprint density at radius 3 is 2.52 bits per heavy atom. The molecule has 0 saturated heterocycles. The van der Waals surface area contributed by atoms with Gasteiger partial charge in [-0.3, -0.25) is 0 Å². The lowest BCUT2D eigenvalue weighted by Gasteiger charge is -2.61. The maximum Gasteiger partial charge on any atom is 0.0462 e. The van der Waals surface area contributed by atoms with Crippen molar-refractivity contribution in [3.05, 3.63) is 0 Å². The van der Waals surface area contributed by atoms with Crippen molar-refractivity contribution in [2.45, 2.75) is 85.0 Å². The largest absolute Gasteiger partial charge is 0.396 e. The zero-order chi connectivity index (χ0) is 16.2. The minimum Gasteiger partial charge on any atom is -0.396 e. The first-order valence-corrected chi connectivity index (χ1v) is 10.7. The Bertz CT molecular complexity index is 445. The average molecular weight is 319 g/mol. The Labute approximate surface area is 143 Å². The molecule has 4 aliphatic rings. The summed E-state index contributed by atoms with van der Waals surface area (Å²) in [5.74, 6) is 5.17. The molecule has 1 N–H and O–H groups in total. The lowest BCUT2D eigenvalue weighted by atomic mass is 9.44. The molecule has 1 nitrogen and oxygen atoms in total. The first-order chi connectivity index (χ1) is 11.0. The van der Waals surface area contributed by atoms with Gasteiger partial charge in [0, 0.05) is 6.61 Å². The third-order valence-corrected chi connectivity index (χ3v) is 9.63.